The molecule has 2 saturated heterocycles. The summed E-state index contributed by atoms with van der Waals surface area (Å²) in [5, 5.41) is 8.35. The van der Waals surface area contributed by atoms with Crippen molar-refractivity contribution in [3.8, 4) is 0 Å². The number of sulfone groups is 1. The molecule has 0 aromatic heterocycles. The van der Waals surface area contributed by atoms with Gasteiger partial charge in [0, 0.05) is 84.7 Å². The van der Waals surface area contributed by atoms with E-state index in [4.69, 9.17) is 0 Å². The van der Waals surface area contributed by atoms with Gasteiger partial charge in [-0.25, -0.2) is 30.3 Å². The minimum absolute atomic E-state index is 0.0112. The number of amides is 5. The molecular weight excluding hydrogens is 1170 g/mol. The van der Waals surface area contributed by atoms with Gasteiger partial charge in [-0.3, -0.25) is 39.1 Å². The van der Waals surface area contributed by atoms with Gasteiger partial charge in [0.2, 0.25) is 18.2 Å². The van der Waals surface area contributed by atoms with E-state index in [-0.39, 0.29) is 52.5 Å². The molecule has 5 amide bonds. The normalized spacial score (nSPS) is 22.9. The Morgan fingerprint density at radius 1 is 0.847 bits per heavy atom. The average molecular weight is 1240 g/mol. The summed E-state index contributed by atoms with van der Waals surface area (Å²) < 4.78 is 127. The van der Waals surface area contributed by atoms with Crippen molar-refractivity contribution in [2.45, 2.75) is 117 Å². The summed E-state index contributed by atoms with van der Waals surface area (Å²) in [6.07, 6.45) is 3.18. The van der Waals surface area contributed by atoms with E-state index in [0.717, 1.165) is 66.5 Å². The molecule has 2 unspecified atom stereocenters. The number of sulfonamides is 1. The Morgan fingerprint density at radius 2 is 1.55 bits per heavy atom. The van der Waals surface area contributed by atoms with Crippen molar-refractivity contribution in [2.75, 3.05) is 80.7 Å². The number of alkyl halides is 5. The molecular formula is C60H69F5N8O9S3. The summed E-state index contributed by atoms with van der Waals surface area (Å²) in [6, 6.07) is 20.5. The molecule has 0 spiro atoms. The zero-order chi connectivity index (χ0) is 60.9. The van der Waals surface area contributed by atoms with E-state index < -0.39 is 94.3 Å². The first kappa shape index (κ1) is 61.7. The summed E-state index contributed by atoms with van der Waals surface area (Å²) >= 11 is 1.37. The van der Waals surface area contributed by atoms with Crippen molar-refractivity contribution in [3.05, 3.63) is 119 Å². The lowest BCUT2D eigenvalue weighted by Crippen LogP contribution is -2.66. The number of imide groups is 2. The first-order valence-corrected chi connectivity index (χ1v) is 32.4. The number of piperidine rings is 1. The fourth-order valence-corrected chi connectivity index (χ4v) is 16.0. The van der Waals surface area contributed by atoms with E-state index in [0.29, 0.717) is 70.2 Å². The van der Waals surface area contributed by atoms with Crippen molar-refractivity contribution < 1.29 is 62.8 Å². The minimum Gasteiger partial charge on any atom is -0.384 e. The van der Waals surface area contributed by atoms with Gasteiger partial charge in [0.05, 0.1) is 21.7 Å². The van der Waals surface area contributed by atoms with Crippen LogP contribution < -0.4 is 25.6 Å². The first-order chi connectivity index (χ1) is 40.2. The van der Waals surface area contributed by atoms with Gasteiger partial charge < -0.3 is 20.4 Å². The highest BCUT2D eigenvalue weighted by atomic mass is 32.2. The molecule has 456 valence electrons. The highest BCUT2D eigenvalue weighted by Crippen LogP contribution is 2.79. The van der Waals surface area contributed by atoms with Crippen LogP contribution in [0.1, 0.15) is 109 Å². The molecule has 3 heterocycles. The number of rotatable bonds is 23. The predicted molar refractivity (Wildman–Crippen MR) is 312 cm³/mol. The molecule has 3 aliphatic heterocycles. The van der Waals surface area contributed by atoms with Gasteiger partial charge in [0.1, 0.15) is 10.9 Å². The number of nitrogens with zero attached hydrogens (tertiary/aromatic N) is 4. The van der Waals surface area contributed by atoms with Gasteiger partial charge in [-0.05, 0) is 155 Å². The fourth-order valence-electron chi connectivity index (χ4n) is 13.0. The van der Waals surface area contributed by atoms with Crippen LogP contribution in [0.25, 0.3) is 0 Å². The molecule has 17 nitrogen and oxygen atoms in total. The fraction of sp³-hybridized carbons (Fsp3) is 0.483. The van der Waals surface area contributed by atoms with Crippen molar-refractivity contribution in [3.63, 3.8) is 0 Å². The number of thioether (sulfide) groups is 1. The third-order valence-corrected chi connectivity index (χ3v) is 21.7. The van der Waals surface area contributed by atoms with Crippen LogP contribution in [0.15, 0.2) is 117 Å². The Balaban J connectivity index is 0.761. The molecule has 5 fully saturated rings. The number of benzene rings is 4. The Bertz CT molecular complexity index is 3510. The van der Waals surface area contributed by atoms with Crippen LogP contribution in [0.5, 0.6) is 0 Å². The molecule has 11 rings (SSSR count). The number of hydrogen-bond donors (Lipinski definition) is 4. The second-order valence-corrected chi connectivity index (χ2v) is 28.9. The maximum atomic E-state index is 14.5. The zero-order valence-corrected chi connectivity index (χ0v) is 49.9. The summed E-state index contributed by atoms with van der Waals surface area (Å²) in [4.78, 5) is 70.7. The van der Waals surface area contributed by atoms with Gasteiger partial charge in [0.25, 0.3) is 37.6 Å². The van der Waals surface area contributed by atoms with Crippen LogP contribution in [-0.2, 0) is 29.4 Å². The van der Waals surface area contributed by atoms with Crippen LogP contribution in [-0.4, -0.2) is 150 Å². The zero-order valence-electron chi connectivity index (χ0n) is 47.4. The lowest BCUT2D eigenvalue weighted by Gasteiger charge is -2.72. The first-order valence-electron chi connectivity index (χ1n) is 28.5. The van der Waals surface area contributed by atoms with E-state index in [1.807, 2.05) is 47.0 Å². The van der Waals surface area contributed by atoms with Crippen molar-refractivity contribution in [2.24, 2.45) is 16.2 Å². The van der Waals surface area contributed by atoms with E-state index in [1.165, 1.54) is 41.1 Å². The van der Waals surface area contributed by atoms with Crippen LogP contribution in [0.3, 0.4) is 0 Å². The van der Waals surface area contributed by atoms with Crippen LogP contribution >= 0.6 is 11.8 Å². The lowest BCUT2D eigenvalue weighted by atomic mass is 9.32. The average Bonchev–Trinajstić information content (AvgIpc) is 1.10. The number of carbonyl (C=O) groups is 5. The summed E-state index contributed by atoms with van der Waals surface area (Å²) in [6.45, 7) is 9.29. The maximum absolute atomic E-state index is 14.5. The second-order valence-electron chi connectivity index (χ2n) is 24.3. The molecule has 4 aliphatic carbocycles. The van der Waals surface area contributed by atoms with E-state index in [2.05, 4.69) is 39.6 Å². The summed E-state index contributed by atoms with van der Waals surface area (Å²) in [7, 11) is -9.33. The number of fused-ring (bicyclic) bond motifs is 1. The molecule has 2 bridgehead atoms. The highest BCUT2D eigenvalue weighted by Gasteiger charge is 2.73. The Labute approximate surface area is 495 Å². The molecule has 4 N–H and O–H groups in total. The SMILES string of the molecule is CN(CCCNc1cccc2c1C(=O)N(C1CCC(=O)NC1=O)C2=O)CCC(CSc1ccccc1)Nc1ccc(S(=O)(=O)NC(=O)c2ccc(N3CCN(CC4=C(C56CC(C(F)F)(C5)C6)CC(C)(C)CC4)CC3)cc2)cc1S(=O)(=O)C(F)(F)F. The smallest absolute Gasteiger partial charge is 0.384 e. The standard InChI is InChI=1S/C60H69F5N8O9S3/c1-57(2)23-21-39(45(32-57)58-35-59(36-58,37-58)56(61)62)33-71-27-29-72(30-28-71)41-15-13-38(14-16-41)52(75)69-85(81,82)43-17-18-46(49(31-43)84(79,80)60(63,64)65)67-40(34-83-42-9-5-4-6-10-42)22-26-70(3)25-8-24-66-47-12-7-11-44-51(47)55(78)73(54(44)77)48-19-20-50(74)68-53(48)76/h4-7,9-18,31,40,48,56,66-67H,8,19-30,32-37H2,1-3H3,(H,69,75)(H,68,74,76). The number of piperazine rings is 1. The maximum Gasteiger partial charge on any atom is 0.501 e. The quantitative estimate of drug-likeness (QED) is 0.0179. The third kappa shape index (κ3) is 12.9. The Morgan fingerprint density at radius 3 is 2.22 bits per heavy atom. The number of nitrogens with one attached hydrogen (secondary N) is 4. The van der Waals surface area contributed by atoms with Gasteiger partial charge >= 0.3 is 5.51 Å². The Hall–Kier alpha value is -6.41. The van der Waals surface area contributed by atoms with Gasteiger partial charge in [-0.15, -0.1) is 11.8 Å². The van der Waals surface area contributed by atoms with Gasteiger partial charge in [0.15, 0.2) is 0 Å². The van der Waals surface area contributed by atoms with Crippen molar-refractivity contribution in [1.29, 1.82) is 0 Å². The molecule has 25 heteroatoms. The molecule has 85 heavy (non-hydrogen) atoms. The molecule has 7 aliphatic rings. The molecule has 0 radical (unpaired) electrons. The second kappa shape index (κ2) is 24.0. The molecule has 4 aromatic carbocycles. The monoisotopic (exact) mass is 1240 g/mol. The van der Waals surface area contributed by atoms with E-state index in [1.54, 1.807) is 24.3 Å². The van der Waals surface area contributed by atoms with Gasteiger partial charge in [-0.1, -0.05) is 49.3 Å². The molecule has 4 aromatic rings. The number of halogens is 5. The van der Waals surface area contributed by atoms with E-state index >= 15 is 0 Å². The largest absolute Gasteiger partial charge is 0.501 e. The van der Waals surface area contributed by atoms with Crippen molar-refractivity contribution in [1.82, 2.24) is 24.7 Å². The highest BCUT2D eigenvalue weighted by molar-refractivity contribution is 7.99. The van der Waals surface area contributed by atoms with Crippen molar-refractivity contribution >= 4 is 78.2 Å². The van der Waals surface area contributed by atoms with E-state index in [9.17, 15) is 62.8 Å². The number of anilines is 3. The molecule has 3 saturated carbocycles. The van der Waals surface area contributed by atoms with Crippen LogP contribution in [0.2, 0.25) is 0 Å². The third-order valence-electron chi connectivity index (χ3n) is 17.6. The topological polar surface area (TPSA) is 215 Å². The minimum atomic E-state index is -6.19. The van der Waals surface area contributed by atoms with Crippen LogP contribution in [0.4, 0.5) is 39.0 Å². The Kier molecular flexibility index (Phi) is 17.4. The number of hydrogen-bond acceptors (Lipinski definition) is 15. The lowest BCUT2D eigenvalue weighted by molar-refractivity contribution is -0.250. The predicted octanol–water partition coefficient (Wildman–Crippen LogP) is 8.96. The summed E-state index contributed by atoms with van der Waals surface area (Å²) in [5.41, 5.74) is -2.95. The van der Waals surface area contributed by atoms with Gasteiger partial charge in [-0.2, -0.15) is 13.2 Å². The van der Waals surface area contributed by atoms with Crippen LogP contribution in [0, 0.1) is 16.2 Å². The number of allylic oxidation sites excluding steroid dienone is 1. The molecule has 2 atom stereocenters. The number of carbonyl (C=O) groups excluding carboxylic acids is 5. The summed E-state index contributed by atoms with van der Waals surface area (Å²) in [5.74, 6) is -3.35.